The molecule has 3 rings (SSSR count). The fraction of sp³-hybridized carbons (Fsp3) is 0.0625. The molecule has 0 fully saturated rings. The first kappa shape index (κ1) is 10.8. The Hall–Kier alpha value is -2.35. The maximum Gasteiger partial charge on any atom is 0.332 e. The van der Waals surface area contributed by atoms with Gasteiger partial charge in [0.05, 0.1) is 0 Å². The van der Waals surface area contributed by atoms with Gasteiger partial charge >= 0.3 is 5.97 Å². The highest BCUT2D eigenvalue weighted by molar-refractivity contribution is 5.86. The summed E-state index contributed by atoms with van der Waals surface area (Å²) in [6, 6.07) is 19.5. The van der Waals surface area contributed by atoms with Gasteiger partial charge < -0.3 is 4.74 Å². The molecular weight excluding hydrogens is 224 g/mol. The van der Waals surface area contributed by atoms with Gasteiger partial charge in [0.25, 0.3) is 0 Å². The van der Waals surface area contributed by atoms with Crippen molar-refractivity contribution in [2.24, 2.45) is 0 Å². The second kappa shape index (κ2) is 4.15. The van der Waals surface area contributed by atoms with Gasteiger partial charge in [-0.2, -0.15) is 0 Å². The maximum atomic E-state index is 11.5. The standard InChI is InChI=1S/C16H12O2/c17-15-11-12-16(18-15,13-7-3-1-4-8-13)14-9-5-2-6-10-14/h1-12H. The number of carbonyl (C=O) groups is 1. The van der Waals surface area contributed by atoms with Crippen molar-refractivity contribution in [2.75, 3.05) is 0 Å². The van der Waals surface area contributed by atoms with Crippen molar-refractivity contribution < 1.29 is 9.53 Å². The van der Waals surface area contributed by atoms with Crippen LogP contribution < -0.4 is 0 Å². The van der Waals surface area contributed by atoms with Gasteiger partial charge in [0.2, 0.25) is 0 Å². The lowest BCUT2D eigenvalue weighted by Gasteiger charge is -2.27. The lowest BCUT2D eigenvalue weighted by Crippen LogP contribution is -2.26. The Balaban J connectivity index is 2.18. The molecule has 2 aromatic carbocycles. The Morgan fingerprint density at radius 3 is 1.67 bits per heavy atom. The predicted octanol–water partition coefficient (Wildman–Crippen LogP) is 3.04. The zero-order chi connectivity index (χ0) is 12.4. The average Bonchev–Trinajstić information content (AvgIpc) is 2.84. The Labute approximate surface area is 106 Å². The maximum absolute atomic E-state index is 11.5. The van der Waals surface area contributed by atoms with Gasteiger partial charge in [-0.25, -0.2) is 4.79 Å². The van der Waals surface area contributed by atoms with Gasteiger partial charge in [0.1, 0.15) is 0 Å². The molecule has 0 unspecified atom stereocenters. The Bertz CT molecular complexity index is 546. The highest BCUT2D eigenvalue weighted by Crippen LogP contribution is 2.38. The summed E-state index contributed by atoms with van der Waals surface area (Å²) in [5, 5.41) is 0. The van der Waals surface area contributed by atoms with Gasteiger partial charge in [-0.15, -0.1) is 0 Å². The van der Waals surface area contributed by atoms with E-state index in [-0.39, 0.29) is 5.97 Å². The fourth-order valence-corrected chi connectivity index (χ4v) is 2.26. The molecule has 2 aromatic rings. The first-order valence-corrected chi connectivity index (χ1v) is 5.84. The molecule has 1 heterocycles. The van der Waals surface area contributed by atoms with Crippen LogP contribution in [0.3, 0.4) is 0 Å². The van der Waals surface area contributed by atoms with E-state index in [2.05, 4.69) is 0 Å². The van der Waals surface area contributed by atoms with Crippen LogP contribution in [0.15, 0.2) is 72.8 Å². The summed E-state index contributed by atoms with van der Waals surface area (Å²) in [4.78, 5) is 11.5. The van der Waals surface area contributed by atoms with Gasteiger partial charge in [-0.05, 0) is 6.08 Å². The summed E-state index contributed by atoms with van der Waals surface area (Å²) in [5.41, 5.74) is 1.14. The topological polar surface area (TPSA) is 26.3 Å². The SMILES string of the molecule is O=C1C=CC(c2ccccc2)(c2ccccc2)O1. The van der Waals surface area contributed by atoms with Crippen molar-refractivity contribution in [3.63, 3.8) is 0 Å². The summed E-state index contributed by atoms with van der Waals surface area (Å²) in [7, 11) is 0. The summed E-state index contributed by atoms with van der Waals surface area (Å²) in [6.07, 6.45) is 3.31. The lowest BCUT2D eigenvalue weighted by atomic mass is 9.86. The van der Waals surface area contributed by atoms with E-state index in [0.717, 1.165) is 11.1 Å². The minimum Gasteiger partial charge on any atom is -0.442 e. The van der Waals surface area contributed by atoms with E-state index in [1.165, 1.54) is 6.08 Å². The van der Waals surface area contributed by atoms with Gasteiger partial charge in [0, 0.05) is 17.2 Å². The van der Waals surface area contributed by atoms with Crippen LogP contribution in [0, 0.1) is 0 Å². The van der Waals surface area contributed by atoms with Crippen LogP contribution >= 0.6 is 0 Å². The molecule has 0 saturated carbocycles. The van der Waals surface area contributed by atoms with E-state index >= 15 is 0 Å². The lowest BCUT2D eigenvalue weighted by molar-refractivity contribution is -0.143. The van der Waals surface area contributed by atoms with Crippen LogP contribution in [0.1, 0.15) is 11.1 Å². The summed E-state index contributed by atoms with van der Waals surface area (Å²) in [6.45, 7) is 0. The Morgan fingerprint density at radius 2 is 1.28 bits per heavy atom. The number of ether oxygens (including phenoxy) is 1. The van der Waals surface area contributed by atoms with E-state index in [1.807, 2.05) is 66.7 Å². The summed E-state index contributed by atoms with van der Waals surface area (Å²) >= 11 is 0. The van der Waals surface area contributed by atoms with Crippen LogP contribution in [0.25, 0.3) is 0 Å². The quantitative estimate of drug-likeness (QED) is 0.749. The summed E-state index contributed by atoms with van der Waals surface area (Å²) < 4.78 is 5.57. The molecule has 2 nitrogen and oxygen atoms in total. The highest BCUT2D eigenvalue weighted by atomic mass is 16.6. The largest absolute Gasteiger partial charge is 0.442 e. The molecule has 88 valence electrons. The molecule has 0 aliphatic carbocycles. The molecule has 0 radical (unpaired) electrons. The van der Waals surface area contributed by atoms with Crippen LogP contribution in [0.5, 0.6) is 0 Å². The zero-order valence-corrected chi connectivity index (χ0v) is 9.74. The van der Waals surface area contributed by atoms with Crippen molar-refractivity contribution in [3.05, 3.63) is 83.9 Å². The molecule has 0 amide bonds. The minimum atomic E-state index is -0.778. The zero-order valence-electron chi connectivity index (χ0n) is 9.74. The third-order valence-electron chi connectivity index (χ3n) is 3.12. The van der Waals surface area contributed by atoms with E-state index in [9.17, 15) is 4.79 Å². The van der Waals surface area contributed by atoms with Crippen molar-refractivity contribution in [3.8, 4) is 0 Å². The number of hydrogen-bond donors (Lipinski definition) is 0. The van der Waals surface area contributed by atoms with Crippen LogP contribution in [0.4, 0.5) is 0 Å². The molecule has 0 bridgehead atoms. The first-order chi connectivity index (χ1) is 8.81. The van der Waals surface area contributed by atoms with E-state index in [0.29, 0.717) is 0 Å². The van der Waals surface area contributed by atoms with Crippen LogP contribution in [-0.4, -0.2) is 5.97 Å². The second-order valence-corrected chi connectivity index (χ2v) is 4.22. The van der Waals surface area contributed by atoms with Crippen molar-refractivity contribution in [1.29, 1.82) is 0 Å². The second-order valence-electron chi connectivity index (χ2n) is 4.22. The molecule has 0 N–H and O–H groups in total. The van der Waals surface area contributed by atoms with Crippen LogP contribution in [-0.2, 0) is 15.1 Å². The number of cyclic esters (lactones) is 1. The molecule has 1 aliphatic heterocycles. The fourth-order valence-electron chi connectivity index (χ4n) is 2.26. The third kappa shape index (κ3) is 1.63. The smallest absolute Gasteiger partial charge is 0.332 e. The van der Waals surface area contributed by atoms with E-state index in [1.54, 1.807) is 0 Å². The number of esters is 1. The number of carbonyl (C=O) groups excluding carboxylic acids is 1. The minimum absolute atomic E-state index is 0.303. The molecule has 0 spiro atoms. The average molecular weight is 236 g/mol. The summed E-state index contributed by atoms with van der Waals surface area (Å²) in [5.74, 6) is -0.303. The molecule has 0 aromatic heterocycles. The van der Waals surface area contributed by atoms with Gasteiger partial charge in [-0.1, -0.05) is 60.7 Å². The molecule has 0 saturated heterocycles. The first-order valence-electron chi connectivity index (χ1n) is 5.84. The molecule has 0 atom stereocenters. The monoisotopic (exact) mass is 236 g/mol. The Morgan fingerprint density at radius 1 is 0.778 bits per heavy atom. The molecule has 2 heteroatoms. The number of benzene rings is 2. The van der Waals surface area contributed by atoms with E-state index < -0.39 is 5.60 Å². The van der Waals surface area contributed by atoms with Gasteiger partial charge in [-0.3, -0.25) is 0 Å². The normalized spacial score (nSPS) is 16.6. The number of rotatable bonds is 2. The number of hydrogen-bond acceptors (Lipinski definition) is 2. The van der Waals surface area contributed by atoms with Crippen molar-refractivity contribution in [1.82, 2.24) is 0 Å². The molecule has 1 aliphatic rings. The third-order valence-corrected chi connectivity index (χ3v) is 3.12. The Kier molecular flexibility index (Phi) is 2.49. The van der Waals surface area contributed by atoms with Crippen LogP contribution in [0.2, 0.25) is 0 Å². The van der Waals surface area contributed by atoms with Crippen molar-refractivity contribution >= 4 is 5.97 Å². The predicted molar refractivity (Wildman–Crippen MR) is 68.9 cm³/mol. The highest BCUT2D eigenvalue weighted by Gasteiger charge is 2.39. The molecule has 18 heavy (non-hydrogen) atoms. The van der Waals surface area contributed by atoms with Crippen molar-refractivity contribution in [2.45, 2.75) is 5.60 Å². The van der Waals surface area contributed by atoms with Gasteiger partial charge in [0.15, 0.2) is 5.60 Å². The molecular formula is C16H12O2. The van der Waals surface area contributed by atoms with E-state index in [4.69, 9.17) is 4.74 Å².